The standard InChI is InChI=1S/C60H46N6/c1-3-15-42(16-4-1)54-61-56(65-58(63-54)52-23-11-19-40-13-7-9-21-50(40)52)44-29-25-38(26-30-44)46-33-48-35-49-34-47(37-60(48,49)36-46)39-27-31-45(32-28-39)57-62-55(43-17-5-2-6-18-43)64-59(66-57)53-24-12-20-41-14-8-10-22-51(41)53/h1-32,46-49H,33-37H2. The lowest BCUT2D eigenvalue weighted by molar-refractivity contribution is 0.00306. The maximum absolute atomic E-state index is 5.12. The summed E-state index contributed by atoms with van der Waals surface area (Å²) in [7, 11) is 0. The second kappa shape index (κ2) is 15.8. The van der Waals surface area contributed by atoms with Gasteiger partial charge in [-0.1, -0.05) is 194 Å². The summed E-state index contributed by atoms with van der Waals surface area (Å²) in [5, 5.41) is 4.61. The average molecular weight is 851 g/mol. The zero-order valence-corrected chi connectivity index (χ0v) is 36.5. The van der Waals surface area contributed by atoms with Crippen molar-refractivity contribution < 1.29 is 0 Å². The van der Waals surface area contributed by atoms with Crippen LogP contribution in [0.3, 0.4) is 0 Å². The van der Waals surface area contributed by atoms with Gasteiger partial charge in [-0.05, 0) is 93.9 Å². The van der Waals surface area contributed by atoms with Crippen LogP contribution in [0.5, 0.6) is 0 Å². The Morgan fingerprint density at radius 1 is 0.303 bits per heavy atom. The van der Waals surface area contributed by atoms with E-state index in [-0.39, 0.29) is 0 Å². The molecule has 1 spiro atoms. The monoisotopic (exact) mass is 850 g/mol. The van der Waals surface area contributed by atoms with Crippen molar-refractivity contribution in [2.45, 2.75) is 43.9 Å². The molecule has 4 atom stereocenters. The molecule has 3 aliphatic carbocycles. The first kappa shape index (κ1) is 38.7. The fraction of sp³-hybridized carbons (Fsp3) is 0.167. The summed E-state index contributed by atoms with van der Waals surface area (Å²) in [6.07, 6.45) is 6.46. The topological polar surface area (TPSA) is 77.3 Å². The van der Waals surface area contributed by atoms with Crippen LogP contribution in [0.15, 0.2) is 194 Å². The highest BCUT2D eigenvalue weighted by atomic mass is 15.0. The lowest BCUT2D eigenvalue weighted by Crippen LogP contribution is -2.41. The number of hydrogen-bond acceptors (Lipinski definition) is 6. The minimum Gasteiger partial charge on any atom is -0.208 e. The third-order valence-electron chi connectivity index (χ3n) is 15.3. The summed E-state index contributed by atoms with van der Waals surface area (Å²) in [6, 6.07) is 68.4. The van der Waals surface area contributed by atoms with Gasteiger partial charge >= 0.3 is 0 Å². The van der Waals surface area contributed by atoms with Crippen LogP contribution < -0.4 is 0 Å². The third-order valence-corrected chi connectivity index (χ3v) is 15.3. The number of nitrogens with zero attached hydrogens (tertiary/aromatic N) is 6. The number of rotatable bonds is 8. The first-order valence-corrected chi connectivity index (χ1v) is 23.4. The van der Waals surface area contributed by atoms with Gasteiger partial charge in [-0.2, -0.15) is 0 Å². The highest BCUT2D eigenvalue weighted by molar-refractivity contribution is 5.96. The second-order valence-electron chi connectivity index (χ2n) is 18.8. The lowest BCUT2D eigenvalue weighted by Gasteiger charge is -2.49. The average Bonchev–Trinajstić information content (AvgIpc) is 3.85. The van der Waals surface area contributed by atoms with Crippen molar-refractivity contribution in [3.05, 3.63) is 205 Å². The molecule has 66 heavy (non-hydrogen) atoms. The van der Waals surface area contributed by atoms with Crippen molar-refractivity contribution in [1.29, 1.82) is 0 Å². The largest absolute Gasteiger partial charge is 0.208 e. The Hall–Kier alpha value is -7.70. The molecule has 316 valence electrons. The predicted octanol–water partition coefficient (Wildman–Crippen LogP) is 14.4. The fourth-order valence-electron chi connectivity index (χ4n) is 12.0. The van der Waals surface area contributed by atoms with Gasteiger partial charge in [-0.15, -0.1) is 0 Å². The maximum Gasteiger partial charge on any atom is 0.164 e. The van der Waals surface area contributed by atoms with E-state index in [0.29, 0.717) is 52.2 Å². The van der Waals surface area contributed by atoms with Gasteiger partial charge in [0.15, 0.2) is 34.9 Å². The summed E-state index contributed by atoms with van der Waals surface area (Å²) in [6.45, 7) is 0. The molecule has 3 saturated carbocycles. The normalized spacial score (nSPS) is 20.8. The predicted molar refractivity (Wildman–Crippen MR) is 265 cm³/mol. The SMILES string of the molecule is c1ccc(-c2nc(-c3ccc(C4CC5CC6CC(c7ccc(-c8nc(-c9ccccc9)nc(-c9cccc%10ccccc9%10)n8)cc7)CC56C4)cc3)nc(-c3cccc4ccccc34)n2)cc1. The van der Waals surface area contributed by atoms with Crippen molar-refractivity contribution in [3.8, 4) is 68.3 Å². The molecular weight excluding hydrogens is 805 g/mol. The zero-order chi connectivity index (χ0) is 43.6. The van der Waals surface area contributed by atoms with Crippen LogP contribution >= 0.6 is 0 Å². The highest BCUT2D eigenvalue weighted by Crippen LogP contribution is 2.73. The molecule has 0 N–H and O–H groups in total. The van der Waals surface area contributed by atoms with Crippen molar-refractivity contribution in [1.82, 2.24) is 29.9 Å². The van der Waals surface area contributed by atoms with Crippen molar-refractivity contribution in [3.63, 3.8) is 0 Å². The Bertz CT molecular complexity index is 3180. The van der Waals surface area contributed by atoms with Crippen LogP contribution in [0.1, 0.15) is 55.1 Å². The van der Waals surface area contributed by atoms with Crippen LogP contribution in [-0.4, -0.2) is 29.9 Å². The molecule has 2 heterocycles. The van der Waals surface area contributed by atoms with Gasteiger partial charge in [-0.25, -0.2) is 29.9 Å². The first-order valence-electron chi connectivity index (χ1n) is 23.4. The van der Waals surface area contributed by atoms with E-state index in [1.165, 1.54) is 54.0 Å². The first-order chi connectivity index (χ1) is 32.6. The Labute approximate surface area is 384 Å². The number of fused-ring (bicyclic) bond motifs is 2. The molecule has 3 aliphatic rings. The molecule has 0 aliphatic heterocycles. The zero-order valence-electron chi connectivity index (χ0n) is 36.5. The molecule has 4 unspecified atom stereocenters. The van der Waals surface area contributed by atoms with E-state index in [1.807, 2.05) is 36.4 Å². The molecule has 0 amide bonds. The van der Waals surface area contributed by atoms with Crippen LogP contribution in [0.4, 0.5) is 0 Å². The number of benzene rings is 8. The van der Waals surface area contributed by atoms with Gasteiger partial charge in [0.2, 0.25) is 0 Å². The molecule has 3 fully saturated rings. The quantitative estimate of drug-likeness (QED) is 0.152. The van der Waals surface area contributed by atoms with Gasteiger partial charge < -0.3 is 0 Å². The molecule has 0 saturated heterocycles. The molecule has 13 rings (SSSR count). The third kappa shape index (κ3) is 6.70. The Kier molecular flexibility index (Phi) is 9.26. The molecule has 8 aromatic carbocycles. The summed E-state index contributed by atoms with van der Waals surface area (Å²) in [4.78, 5) is 30.4. The minimum atomic E-state index is 0.436. The van der Waals surface area contributed by atoms with Crippen molar-refractivity contribution in [2.75, 3.05) is 0 Å². The molecule has 0 bridgehead atoms. The maximum atomic E-state index is 5.12. The van der Waals surface area contributed by atoms with E-state index in [9.17, 15) is 0 Å². The molecule has 6 heteroatoms. The summed E-state index contributed by atoms with van der Waals surface area (Å²) in [5.41, 5.74) is 9.32. The summed E-state index contributed by atoms with van der Waals surface area (Å²) < 4.78 is 0. The Morgan fingerprint density at radius 3 is 1.08 bits per heavy atom. The van der Waals surface area contributed by atoms with Gasteiger partial charge in [-0.3, -0.25) is 0 Å². The van der Waals surface area contributed by atoms with Gasteiger partial charge in [0.1, 0.15) is 0 Å². The molecule has 0 radical (unpaired) electrons. The van der Waals surface area contributed by atoms with Crippen molar-refractivity contribution >= 4 is 21.5 Å². The Morgan fingerprint density at radius 2 is 0.652 bits per heavy atom. The van der Waals surface area contributed by atoms with Crippen LogP contribution in [0.25, 0.3) is 89.9 Å². The smallest absolute Gasteiger partial charge is 0.164 e. The summed E-state index contributed by atoms with van der Waals surface area (Å²) in [5.74, 6) is 6.88. The fourth-order valence-corrected chi connectivity index (χ4v) is 12.0. The summed E-state index contributed by atoms with van der Waals surface area (Å²) >= 11 is 0. The van der Waals surface area contributed by atoms with E-state index >= 15 is 0 Å². The molecule has 2 aromatic heterocycles. The molecular formula is C60H46N6. The molecule has 10 aromatic rings. The molecule has 6 nitrogen and oxygen atoms in total. The van der Waals surface area contributed by atoms with Gasteiger partial charge in [0.05, 0.1) is 0 Å². The Balaban J connectivity index is 0.754. The number of hydrogen-bond donors (Lipinski definition) is 0. The number of aromatic nitrogens is 6. The van der Waals surface area contributed by atoms with Crippen LogP contribution in [0.2, 0.25) is 0 Å². The van der Waals surface area contributed by atoms with E-state index in [0.717, 1.165) is 56.0 Å². The lowest BCUT2D eigenvalue weighted by atomic mass is 9.56. The van der Waals surface area contributed by atoms with E-state index in [4.69, 9.17) is 29.9 Å². The van der Waals surface area contributed by atoms with E-state index < -0.39 is 0 Å². The van der Waals surface area contributed by atoms with E-state index in [2.05, 4.69) is 158 Å². The second-order valence-corrected chi connectivity index (χ2v) is 18.8. The van der Waals surface area contributed by atoms with E-state index in [1.54, 1.807) is 0 Å². The van der Waals surface area contributed by atoms with Gasteiger partial charge in [0, 0.05) is 33.4 Å². The van der Waals surface area contributed by atoms with Crippen LogP contribution in [-0.2, 0) is 0 Å². The van der Waals surface area contributed by atoms with Crippen LogP contribution in [0, 0.1) is 17.3 Å². The van der Waals surface area contributed by atoms with Crippen molar-refractivity contribution in [2.24, 2.45) is 17.3 Å². The minimum absolute atomic E-state index is 0.436. The van der Waals surface area contributed by atoms with Gasteiger partial charge in [0.25, 0.3) is 0 Å². The highest BCUT2D eigenvalue weighted by Gasteiger charge is 2.63.